The minimum absolute atomic E-state index is 0.393. The molecule has 0 N–H and O–H groups in total. The van der Waals surface area contributed by atoms with Gasteiger partial charge in [0.15, 0.2) is 0 Å². The lowest BCUT2D eigenvalue weighted by atomic mass is 9.83. The molecule has 1 aliphatic rings. The number of aryl methyl sites for hydroxylation is 1. The summed E-state index contributed by atoms with van der Waals surface area (Å²) in [6, 6.07) is 3.43. The van der Waals surface area contributed by atoms with Gasteiger partial charge >= 0.3 is 13.1 Å². The van der Waals surface area contributed by atoms with Crippen LogP contribution in [0.5, 0.6) is 0 Å². The van der Waals surface area contributed by atoms with Gasteiger partial charge in [-0.3, -0.25) is 4.98 Å². The molecule has 20 heavy (non-hydrogen) atoms. The molecule has 1 saturated heterocycles. The zero-order valence-corrected chi connectivity index (χ0v) is 12.8. The number of carbonyl (C=O) groups is 1. The maximum Gasteiger partial charge on any atom is 0.514 e. The van der Waals surface area contributed by atoms with Gasteiger partial charge in [-0.2, -0.15) is 0 Å². The zero-order valence-electron chi connectivity index (χ0n) is 12.8. The van der Waals surface area contributed by atoms with Gasteiger partial charge in [-0.15, -0.1) is 0 Å². The van der Waals surface area contributed by atoms with Gasteiger partial charge in [0.25, 0.3) is 0 Å². The average Bonchev–Trinajstić information content (AvgIpc) is 2.57. The van der Waals surface area contributed by atoms with Crippen molar-refractivity contribution in [3.05, 3.63) is 23.4 Å². The molecule has 0 radical (unpaired) electrons. The van der Waals surface area contributed by atoms with E-state index in [2.05, 4.69) is 4.98 Å². The largest absolute Gasteiger partial charge is 0.514 e. The molecule has 0 amide bonds. The van der Waals surface area contributed by atoms with Crippen molar-refractivity contribution in [2.24, 2.45) is 0 Å². The van der Waals surface area contributed by atoms with Crippen molar-refractivity contribution in [1.82, 2.24) is 4.98 Å². The highest BCUT2D eigenvalue weighted by Gasteiger charge is 2.52. The molecule has 108 valence electrons. The quantitative estimate of drug-likeness (QED) is 0.605. The first-order chi connectivity index (χ1) is 9.18. The Hall–Kier alpha value is -1.40. The predicted molar refractivity (Wildman–Crippen MR) is 76.0 cm³/mol. The molecule has 1 aromatic heterocycles. The van der Waals surface area contributed by atoms with E-state index in [4.69, 9.17) is 14.0 Å². The Morgan fingerprint density at radius 3 is 2.20 bits per heavy atom. The third-order valence-electron chi connectivity index (χ3n) is 4.01. The fourth-order valence-corrected chi connectivity index (χ4v) is 2.00. The van der Waals surface area contributed by atoms with Gasteiger partial charge < -0.3 is 14.0 Å². The fraction of sp³-hybridized carbons (Fsp3) is 0.571. The van der Waals surface area contributed by atoms with Crippen LogP contribution in [0, 0.1) is 6.92 Å². The second kappa shape index (κ2) is 4.86. The molecule has 0 aromatic carbocycles. The number of hydrogen-bond acceptors (Lipinski definition) is 5. The summed E-state index contributed by atoms with van der Waals surface area (Å²) < 4.78 is 16.6. The van der Waals surface area contributed by atoms with E-state index in [-0.39, 0.29) is 0 Å². The summed E-state index contributed by atoms with van der Waals surface area (Å²) in [6.07, 6.45) is 0. The van der Waals surface area contributed by atoms with Crippen LogP contribution in [0.25, 0.3) is 0 Å². The van der Waals surface area contributed by atoms with Gasteiger partial charge in [-0.05, 0) is 46.8 Å². The van der Waals surface area contributed by atoms with Gasteiger partial charge in [0.2, 0.25) is 0 Å². The van der Waals surface area contributed by atoms with Crippen LogP contribution in [-0.2, 0) is 14.0 Å². The van der Waals surface area contributed by atoms with E-state index in [0.717, 1.165) is 0 Å². The Morgan fingerprint density at radius 1 is 1.20 bits per heavy atom. The molecule has 0 aliphatic carbocycles. The van der Waals surface area contributed by atoms with Crippen molar-refractivity contribution >= 4 is 18.7 Å². The lowest BCUT2D eigenvalue weighted by Crippen LogP contribution is -2.41. The Bertz CT molecular complexity index is 526. The van der Waals surface area contributed by atoms with E-state index < -0.39 is 24.3 Å². The van der Waals surface area contributed by atoms with E-state index in [1.807, 2.05) is 27.7 Å². The first-order valence-corrected chi connectivity index (χ1v) is 6.59. The summed E-state index contributed by atoms with van der Waals surface area (Å²) in [5.41, 5.74) is 0.897. The van der Waals surface area contributed by atoms with Gasteiger partial charge in [0.05, 0.1) is 35.2 Å². The van der Waals surface area contributed by atoms with Gasteiger partial charge in [-0.1, -0.05) is 0 Å². The maximum absolute atomic E-state index is 11.5. The Kier molecular flexibility index (Phi) is 3.65. The number of ether oxygens (including phenoxy) is 1. The lowest BCUT2D eigenvalue weighted by Gasteiger charge is -2.32. The zero-order chi connectivity index (χ0) is 15.1. The van der Waals surface area contributed by atoms with Crippen LogP contribution in [0.4, 0.5) is 0 Å². The van der Waals surface area contributed by atoms with Crippen LogP contribution in [0.1, 0.15) is 43.7 Å². The first kappa shape index (κ1) is 15.0. The third kappa shape index (κ3) is 2.45. The number of nitrogens with zero attached hydrogens (tertiary/aromatic N) is 1. The standard InChI is InChI=1S/C14H20BNO4/c1-9-10(12(17)18-6)7-8-11(16-9)15-19-13(2,3)14(4,5)20-15/h7-8H,1-6H3. The van der Waals surface area contributed by atoms with E-state index in [9.17, 15) is 4.79 Å². The Balaban J connectivity index is 2.28. The van der Waals surface area contributed by atoms with E-state index in [1.165, 1.54) is 7.11 Å². The number of carbonyl (C=O) groups excluding carboxylic acids is 1. The number of aromatic nitrogens is 1. The summed E-state index contributed by atoms with van der Waals surface area (Å²) >= 11 is 0. The summed E-state index contributed by atoms with van der Waals surface area (Å²) in [5.74, 6) is -0.393. The summed E-state index contributed by atoms with van der Waals surface area (Å²) in [7, 11) is 0.828. The number of hydrogen-bond donors (Lipinski definition) is 0. The molecule has 5 nitrogen and oxygen atoms in total. The van der Waals surface area contributed by atoms with E-state index >= 15 is 0 Å². The molecule has 2 rings (SSSR count). The summed E-state index contributed by atoms with van der Waals surface area (Å²) in [4.78, 5) is 16.0. The van der Waals surface area contributed by atoms with Crippen LogP contribution >= 0.6 is 0 Å². The fourth-order valence-electron chi connectivity index (χ4n) is 2.00. The highest BCUT2D eigenvalue weighted by Crippen LogP contribution is 2.36. The maximum atomic E-state index is 11.5. The van der Waals surface area contributed by atoms with Gasteiger partial charge in [0.1, 0.15) is 0 Å². The number of pyridine rings is 1. The normalized spacial score (nSPS) is 20.0. The minimum Gasteiger partial charge on any atom is -0.465 e. The molecular formula is C14H20BNO4. The molecule has 1 aliphatic heterocycles. The number of rotatable bonds is 2. The lowest BCUT2D eigenvalue weighted by molar-refractivity contribution is 0.00578. The monoisotopic (exact) mass is 277 g/mol. The highest BCUT2D eigenvalue weighted by molar-refractivity contribution is 6.61. The van der Waals surface area contributed by atoms with Crippen molar-refractivity contribution in [3.63, 3.8) is 0 Å². The molecule has 1 fully saturated rings. The van der Waals surface area contributed by atoms with Crippen LogP contribution in [0.15, 0.2) is 12.1 Å². The number of methoxy groups -OCH3 is 1. The SMILES string of the molecule is COC(=O)c1ccc(B2OC(C)(C)C(C)(C)O2)nc1C. The predicted octanol–water partition coefficient (Wildman–Crippen LogP) is 1.48. The smallest absolute Gasteiger partial charge is 0.465 e. The first-order valence-electron chi connectivity index (χ1n) is 6.59. The van der Waals surface area contributed by atoms with Gasteiger partial charge in [-0.25, -0.2) is 4.79 Å². The molecule has 0 spiro atoms. The Morgan fingerprint density at radius 2 is 1.75 bits per heavy atom. The van der Waals surface area contributed by atoms with E-state index in [0.29, 0.717) is 16.9 Å². The second-order valence-corrected chi connectivity index (χ2v) is 5.95. The van der Waals surface area contributed by atoms with Crippen LogP contribution < -0.4 is 5.59 Å². The molecule has 2 heterocycles. The van der Waals surface area contributed by atoms with Crippen LogP contribution in [-0.4, -0.2) is 36.4 Å². The third-order valence-corrected chi connectivity index (χ3v) is 4.01. The minimum atomic E-state index is -0.523. The summed E-state index contributed by atoms with van der Waals surface area (Å²) in [5, 5.41) is 0. The van der Waals surface area contributed by atoms with Crippen molar-refractivity contribution in [1.29, 1.82) is 0 Å². The number of esters is 1. The molecule has 1 aromatic rings. The topological polar surface area (TPSA) is 57.7 Å². The van der Waals surface area contributed by atoms with Crippen molar-refractivity contribution in [2.75, 3.05) is 7.11 Å². The van der Waals surface area contributed by atoms with Crippen LogP contribution in [0.2, 0.25) is 0 Å². The second-order valence-electron chi connectivity index (χ2n) is 5.95. The van der Waals surface area contributed by atoms with Crippen molar-refractivity contribution in [2.45, 2.75) is 45.8 Å². The highest BCUT2D eigenvalue weighted by atomic mass is 16.7. The average molecular weight is 277 g/mol. The Labute approximate surface area is 119 Å². The molecule has 0 bridgehead atoms. The van der Waals surface area contributed by atoms with Gasteiger partial charge in [0, 0.05) is 0 Å². The molecular weight excluding hydrogens is 257 g/mol. The molecule has 0 unspecified atom stereocenters. The van der Waals surface area contributed by atoms with Crippen LogP contribution in [0.3, 0.4) is 0 Å². The van der Waals surface area contributed by atoms with Crippen molar-refractivity contribution in [3.8, 4) is 0 Å². The van der Waals surface area contributed by atoms with Crippen molar-refractivity contribution < 1.29 is 18.8 Å². The molecule has 0 atom stereocenters. The van der Waals surface area contributed by atoms with E-state index in [1.54, 1.807) is 19.1 Å². The molecule has 6 heteroatoms. The molecule has 0 saturated carbocycles. The summed E-state index contributed by atoms with van der Waals surface area (Å²) in [6.45, 7) is 9.72.